The summed E-state index contributed by atoms with van der Waals surface area (Å²) in [5.74, 6) is 1.83. The predicted molar refractivity (Wildman–Crippen MR) is 95.1 cm³/mol. The first-order valence-corrected chi connectivity index (χ1v) is 8.02. The van der Waals surface area contributed by atoms with Crippen LogP contribution in [-0.4, -0.2) is 55.7 Å². The highest BCUT2D eigenvalue weighted by molar-refractivity contribution is 5.58. The molecule has 1 aromatic carbocycles. The number of rotatable bonds is 9. The Balaban J connectivity index is 2.50. The monoisotopic (exact) mass is 331 g/mol. The van der Waals surface area contributed by atoms with Crippen LogP contribution in [0.5, 0.6) is 0 Å². The first-order valence-electron chi connectivity index (χ1n) is 8.02. The van der Waals surface area contributed by atoms with E-state index in [4.69, 9.17) is 9.47 Å². The highest BCUT2D eigenvalue weighted by Gasteiger charge is 2.16. The Bertz CT molecular complexity index is 614. The molecule has 7 heteroatoms. The minimum atomic E-state index is 0.337. The number of hydrogen-bond acceptors (Lipinski definition) is 7. The summed E-state index contributed by atoms with van der Waals surface area (Å²) in [4.78, 5) is 17.8. The zero-order valence-corrected chi connectivity index (χ0v) is 14.8. The SMILES string of the molecule is CCN(CC)c1nc(-c2ccccc2)nc(N(COC)COC)n1. The minimum Gasteiger partial charge on any atom is -0.364 e. The second-order valence-electron chi connectivity index (χ2n) is 5.17. The first-order chi connectivity index (χ1) is 11.7. The quantitative estimate of drug-likeness (QED) is 0.654. The van der Waals surface area contributed by atoms with E-state index in [1.807, 2.05) is 35.2 Å². The van der Waals surface area contributed by atoms with Gasteiger partial charge in [-0.05, 0) is 13.8 Å². The van der Waals surface area contributed by atoms with Gasteiger partial charge in [0.2, 0.25) is 11.9 Å². The summed E-state index contributed by atoms with van der Waals surface area (Å²) in [6.07, 6.45) is 0. The third-order valence-corrected chi connectivity index (χ3v) is 3.54. The molecule has 1 aromatic heterocycles. The summed E-state index contributed by atoms with van der Waals surface area (Å²) in [6.45, 7) is 6.48. The van der Waals surface area contributed by atoms with Gasteiger partial charge in [-0.2, -0.15) is 15.0 Å². The van der Waals surface area contributed by atoms with Crippen molar-refractivity contribution in [3.8, 4) is 11.4 Å². The highest BCUT2D eigenvalue weighted by Crippen LogP contribution is 2.21. The van der Waals surface area contributed by atoms with Crippen molar-refractivity contribution in [2.75, 3.05) is 50.6 Å². The largest absolute Gasteiger partial charge is 0.364 e. The van der Waals surface area contributed by atoms with Crippen molar-refractivity contribution >= 4 is 11.9 Å². The average Bonchev–Trinajstić information content (AvgIpc) is 2.63. The van der Waals surface area contributed by atoms with Gasteiger partial charge < -0.3 is 14.4 Å². The van der Waals surface area contributed by atoms with Crippen molar-refractivity contribution in [1.82, 2.24) is 15.0 Å². The van der Waals surface area contributed by atoms with Crippen LogP contribution < -0.4 is 9.80 Å². The Morgan fingerprint density at radius 3 is 1.83 bits per heavy atom. The summed E-state index contributed by atoms with van der Waals surface area (Å²) in [5, 5.41) is 0. The standard InChI is InChI=1S/C17H25N5O2/c1-5-21(6-2)16-18-15(14-10-8-7-9-11-14)19-17(20-16)22(12-23-3)13-24-4/h7-11H,5-6,12-13H2,1-4H3. The molecular weight excluding hydrogens is 306 g/mol. The van der Waals surface area contributed by atoms with Crippen molar-refractivity contribution in [3.63, 3.8) is 0 Å². The van der Waals surface area contributed by atoms with Gasteiger partial charge in [-0.3, -0.25) is 4.90 Å². The second-order valence-corrected chi connectivity index (χ2v) is 5.17. The van der Waals surface area contributed by atoms with Crippen molar-refractivity contribution in [2.45, 2.75) is 13.8 Å². The van der Waals surface area contributed by atoms with Gasteiger partial charge in [0.05, 0.1) is 0 Å². The first kappa shape index (κ1) is 18.1. The molecule has 0 unspecified atom stereocenters. The van der Waals surface area contributed by atoms with Crippen LogP contribution in [-0.2, 0) is 9.47 Å². The number of aromatic nitrogens is 3. The normalized spacial score (nSPS) is 10.7. The zero-order chi connectivity index (χ0) is 17.4. The highest BCUT2D eigenvalue weighted by atomic mass is 16.5. The Kier molecular flexibility index (Phi) is 6.89. The zero-order valence-electron chi connectivity index (χ0n) is 14.8. The fraction of sp³-hybridized carbons (Fsp3) is 0.471. The number of anilines is 2. The molecule has 0 aliphatic heterocycles. The molecule has 1 heterocycles. The maximum atomic E-state index is 5.24. The number of nitrogens with zero attached hydrogens (tertiary/aromatic N) is 5. The maximum Gasteiger partial charge on any atom is 0.234 e. The summed E-state index contributed by atoms with van der Waals surface area (Å²) in [7, 11) is 3.26. The molecule has 130 valence electrons. The van der Waals surface area contributed by atoms with Crippen molar-refractivity contribution < 1.29 is 9.47 Å². The Morgan fingerprint density at radius 2 is 1.33 bits per heavy atom. The molecular formula is C17H25N5O2. The summed E-state index contributed by atoms with van der Waals surface area (Å²) >= 11 is 0. The third kappa shape index (κ3) is 4.39. The number of hydrogen-bond donors (Lipinski definition) is 0. The Morgan fingerprint density at radius 1 is 0.792 bits per heavy atom. The van der Waals surface area contributed by atoms with Crippen LogP contribution in [0.15, 0.2) is 30.3 Å². The molecule has 0 N–H and O–H groups in total. The van der Waals surface area contributed by atoms with Gasteiger partial charge >= 0.3 is 0 Å². The van der Waals surface area contributed by atoms with Crippen LogP contribution in [0.3, 0.4) is 0 Å². The molecule has 0 amide bonds. The molecule has 0 saturated carbocycles. The van der Waals surface area contributed by atoms with E-state index in [0.717, 1.165) is 18.7 Å². The van der Waals surface area contributed by atoms with E-state index in [0.29, 0.717) is 31.2 Å². The van der Waals surface area contributed by atoms with Crippen LogP contribution in [0.25, 0.3) is 11.4 Å². The molecule has 7 nitrogen and oxygen atoms in total. The summed E-state index contributed by atoms with van der Waals surface area (Å²) < 4.78 is 10.5. The van der Waals surface area contributed by atoms with E-state index < -0.39 is 0 Å². The van der Waals surface area contributed by atoms with E-state index in [-0.39, 0.29) is 0 Å². The van der Waals surface area contributed by atoms with Crippen LogP contribution in [0.2, 0.25) is 0 Å². The van der Waals surface area contributed by atoms with E-state index in [1.54, 1.807) is 14.2 Å². The van der Waals surface area contributed by atoms with E-state index in [2.05, 4.69) is 33.7 Å². The second kappa shape index (κ2) is 9.14. The fourth-order valence-electron chi connectivity index (χ4n) is 2.32. The molecule has 0 spiro atoms. The van der Waals surface area contributed by atoms with Gasteiger partial charge in [0.1, 0.15) is 13.5 Å². The van der Waals surface area contributed by atoms with E-state index in [9.17, 15) is 0 Å². The lowest BCUT2D eigenvalue weighted by atomic mass is 10.2. The molecule has 0 bridgehead atoms. The molecule has 2 aromatic rings. The molecule has 0 saturated heterocycles. The molecule has 2 rings (SSSR count). The fourth-order valence-corrected chi connectivity index (χ4v) is 2.32. The molecule has 0 aliphatic carbocycles. The van der Waals surface area contributed by atoms with Gasteiger partial charge in [0, 0.05) is 32.9 Å². The number of ether oxygens (including phenoxy) is 2. The molecule has 0 aliphatic rings. The van der Waals surface area contributed by atoms with Gasteiger partial charge in [-0.15, -0.1) is 0 Å². The maximum absolute atomic E-state index is 5.24. The minimum absolute atomic E-state index is 0.337. The topological polar surface area (TPSA) is 63.6 Å². The van der Waals surface area contributed by atoms with Crippen LogP contribution in [0, 0.1) is 0 Å². The van der Waals surface area contributed by atoms with Crippen molar-refractivity contribution in [2.24, 2.45) is 0 Å². The lowest BCUT2D eigenvalue weighted by Gasteiger charge is -2.24. The Labute approximate surface area is 143 Å². The average molecular weight is 331 g/mol. The summed E-state index contributed by atoms with van der Waals surface area (Å²) in [6, 6.07) is 9.89. The van der Waals surface area contributed by atoms with Gasteiger partial charge in [-0.25, -0.2) is 0 Å². The van der Waals surface area contributed by atoms with Gasteiger partial charge in [0.15, 0.2) is 5.82 Å². The number of benzene rings is 1. The van der Waals surface area contributed by atoms with Gasteiger partial charge in [0.25, 0.3) is 0 Å². The third-order valence-electron chi connectivity index (χ3n) is 3.54. The van der Waals surface area contributed by atoms with Crippen LogP contribution >= 0.6 is 0 Å². The van der Waals surface area contributed by atoms with Crippen molar-refractivity contribution in [3.05, 3.63) is 30.3 Å². The lowest BCUT2D eigenvalue weighted by molar-refractivity contribution is 0.139. The van der Waals surface area contributed by atoms with Crippen molar-refractivity contribution in [1.29, 1.82) is 0 Å². The predicted octanol–water partition coefficient (Wildman–Crippen LogP) is 2.40. The van der Waals surface area contributed by atoms with Gasteiger partial charge in [-0.1, -0.05) is 30.3 Å². The smallest absolute Gasteiger partial charge is 0.234 e. The van der Waals surface area contributed by atoms with Crippen LogP contribution in [0.4, 0.5) is 11.9 Å². The molecule has 0 atom stereocenters. The molecule has 24 heavy (non-hydrogen) atoms. The van der Waals surface area contributed by atoms with E-state index >= 15 is 0 Å². The summed E-state index contributed by atoms with van der Waals surface area (Å²) in [5.41, 5.74) is 0.948. The lowest BCUT2D eigenvalue weighted by Crippen LogP contribution is -2.31. The Hall–Kier alpha value is -2.25. The number of methoxy groups -OCH3 is 2. The molecule has 0 fully saturated rings. The molecule has 0 radical (unpaired) electrons. The van der Waals surface area contributed by atoms with E-state index in [1.165, 1.54) is 0 Å². The van der Waals surface area contributed by atoms with Crippen LogP contribution in [0.1, 0.15) is 13.8 Å².